The van der Waals surface area contributed by atoms with E-state index < -0.39 is 0 Å². The summed E-state index contributed by atoms with van der Waals surface area (Å²) >= 11 is 1.33. The Bertz CT molecular complexity index is 1310. The third kappa shape index (κ3) is 4.26. The van der Waals surface area contributed by atoms with E-state index in [1.54, 1.807) is 21.1 Å². The second kappa shape index (κ2) is 9.54. The first-order chi connectivity index (χ1) is 16.0. The zero-order chi connectivity index (χ0) is 23.5. The zero-order valence-electron chi connectivity index (χ0n) is 19.4. The minimum Gasteiger partial charge on any atom is -0.493 e. The number of aromatic nitrogens is 2. The molecule has 0 aliphatic carbocycles. The summed E-state index contributed by atoms with van der Waals surface area (Å²) in [6.45, 7) is 6.75. The summed E-state index contributed by atoms with van der Waals surface area (Å²) in [7, 11) is 3.22. The molecule has 4 rings (SSSR count). The van der Waals surface area contributed by atoms with Gasteiger partial charge in [0.15, 0.2) is 16.5 Å². The molecule has 0 bridgehead atoms. The summed E-state index contributed by atoms with van der Waals surface area (Å²) in [6, 6.07) is 14.0. The summed E-state index contributed by atoms with van der Waals surface area (Å²) in [5.41, 5.74) is 4.83. The molecule has 7 nitrogen and oxygen atoms in total. The van der Waals surface area contributed by atoms with E-state index in [4.69, 9.17) is 19.2 Å². The number of rotatable bonds is 8. The molecule has 1 N–H and O–H groups in total. The predicted molar refractivity (Wildman–Crippen MR) is 131 cm³/mol. The van der Waals surface area contributed by atoms with Gasteiger partial charge in [-0.05, 0) is 50.1 Å². The number of esters is 1. The van der Waals surface area contributed by atoms with Gasteiger partial charge in [0.1, 0.15) is 16.4 Å². The SMILES string of the molecule is CCOC(=O)c1sc2nc(-c3ccc(OC)c(OC)c3)c(NCc3ccccc3C)n2c1C. The van der Waals surface area contributed by atoms with E-state index >= 15 is 0 Å². The van der Waals surface area contributed by atoms with Crippen molar-refractivity contribution >= 4 is 28.1 Å². The molecule has 2 aromatic heterocycles. The minimum absolute atomic E-state index is 0.327. The van der Waals surface area contributed by atoms with E-state index in [0.717, 1.165) is 22.8 Å². The van der Waals surface area contributed by atoms with Crippen LogP contribution in [0.5, 0.6) is 11.5 Å². The van der Waals surface area contributed by atoms with Gasteiger partial charge >= 0.3 is 5.97 Å². The fraction of sp³-hybridized carbons (Fsp3) is 0.280. The maximum Gasteiger partial charge on any atom is 0.350 e. The lowest BCUT2D eigenvalue weighted by Gasteiger charge is -2.13. The number of carbonyl (C=O) groups excluding carboxylic acids is 1. The first-order valence-electron chi connectivity index (χ1n) is 10.7. The van der Waals surface area contributed by atoms with Gasteiger partial charge in [-0.25, -0.2) is 9.78 Å². The van der Waals surface area contributed by atoms with E-state index in [1.807, 2.05) is 41.7 Å². The Morgan fingerprint density at radius 2 is 1.85 bits per heavy atom. The van der Waals surface area contributed by atoms with Crippen LogP contribution in [0.15, 0.2) is 42.5 Å². The minimum atomic E-state index is -0.331. The van der Waals surface area contributed by atoms with Crippen LogP contribution in [0.4, 0.5) is 5.82 Å². The lowest BCUT2D eigenvalue weighted by molar-refractivity contribution is 0.0531. The number of nitrogens with zero attached hydrogens (tertiary/aromatic N) is 2. The summed E-state index contributed by atoms with van der Waals surface area (Å²) < 4.78 is 18.1. The molecule has 4 aromatic rings. The Morgan fingerprint density at radius 3 is 2.55 bits per heavy atom. The molecule has 0 aliphatic rings. The lowest BCUT2D eigenvalue weighted by atomic mass is 10.1. The fourth-order valence-corrected chi connectivity index (χ4v) is 4.79. The average molecular weight is 466 g/mol. The molecule has 0 spiro atoms. The van der Waals surface area contributed by atoms with Crippen LogP contribution in [-0.2, 0) is 11.3 Å². The number of thiazole rings is 1. The van der Waals surface area contributed by atoms with Crippen LogP contribution in [0, 0.1) is 13.8 Å². The Morgan fingerprint density at radius 1 is 1.09 bits per heavy atom. The third-order valence-corrected chi connectivity index (χ3v) is 6.65. The maximum absolute atomic E-state index is 12.5. The van der Waals surface area contributed by atoms with Crippen LogP contribution in [0.25, 0.3) is 16.2 Å². The molecule has 8 heteroatoms. The second-order valence-corrected chi connectivity index (χ2v) is 8.49. The Hall–Kier alpha value is -3.52. The molecule has 0 amide bonds. The molecule has 0 radical (unpaired) electrons. The summed E-state index contributed by atoms with van der Waals surface area (Å²) in [5.74, 6) is 1.76. The number of fused-ring (bicyclic) bond motifs is 1. The van der Waals surface area contributed by atoms with Crippen LogP contribution < -0.4 is 14.8 Å². The standard InChI is InChI=1S/C25H27N3O4S/c1-6-32-24(29)22-16(3)28-23(26-14-18-10-8-7-9-15(18)2)21(27-25(28)33-22)17-11-12-19(30-4)20(13-17)31-5/h7-13,26H,6,14H2,1-5H3. The van der Waals surface area contributed by atoms with E-state index in [2.05, 4.69) is 24.4 Å². The number of benzene rings is 2. The second-order valence-electron chi connectivity index (χ2n) is 7.51. The van der Waals surface area contributed by atoms with Crippen LogP contribution in [0.3, 0.4) is 0 Å². The number of carbonyl (C=O) groups is 1. The van der Waals surface area contributed by atoms with E-state index in [9.17, 15) is 4.79 Å². The van der Waals surface area contributed by atoms with Gasteiger partial charge < -0.3 is 19.5 Å². The van der Waals surface area contributed by atoms with E-state index in [-0.39, 0.29) is 5.97 Å². The highest BCUT2D eigenvalue weighted by Gasteiger charge is 2.24. The van der Waals surface area contributed by atoms with Gasteiger partial charge in [0, 0.05) is 17.8 Å². The molecule has 0 fully saturated rings. The molecular weight excluding hydrogens is 438 g/mol. The van der Waals surface area contributed by atoms with Gasteiger partial charge in [-0.2, -0.15) is 0 Å². The first-order valence-corrected chi connectivity index (χ1v) is 11.5. The van der Waals surface area contributed by atoms with Crippen LogP contribution in [0.1, 0.15) is 33.4 Å². The molecule has 0 saturated heterocycles. The highest BCUT2D eigenvalue weighted by molar-refractivity contribution is 7.19. The topological polar surface area (TPSA) is 74.1 Å². The van der Waals surface area contributed by atoms with Gasteiger partial charge in [0.2, 0.25) is 0 Å². The van der Waals surface area contributed by atoms with Crippen molar-refractivity contribution in [1.29, 1.82) is 0 Å². The maximum atomic E-state index is 12.5. The van der Waals surface area contributed by atoms with Crippen molar-refractivity contribution in [3.8, 4) is 22.8 Å². The largest absolute Gasteiger partial charge is 0.493 e. The van der Waals surface area contributed by atoms with Crippen LogP contribution in [-0.4, -0.2) is 36.2 Å². The molecule has 172 valence electrons. The quantitative estimate of drug-likeness (QED) is 0.347. The number of ether oxygens (including phenoxy) is 3. The number of nitrogens with one attached hydrogen (secondary N) is 1. The predicted octanol–water partition coefficient (Wildman–Crippen LogP) is 5.49. The first kappa shape index (κ1) is 22.7. The number of methoxy groups -OCH3 is 2. The molecule has 0 unspecified atom stereocenters. The zero-order valence-corrected chi connectivity index (χ0v) is 20.2. The molecule has 0 aliphatic heterocycles. The van der Waals surface area contributed by atoms with Crippen molar-refractivity contribution in [2.24, 2.45) is 0 Å². The van der Waals surface area contributed by atoms with Gasteiger partial charge in [-0.15, -0.1) is 0 Å². The monoisotopic (exact) mass is 465 g/mol. The smallest absolute Gasteiger partial charge is 0.350 e. The van der Waals surface area contributed by atoms with Gasteiger partial charge in [0.25, 0.3) is 0 Å². The lowest BCUT2D eigenvalue weighted by Crippen LogP contribution is -2.08. The van der Waals surface area contributed by atoms with E-state index in [0.29, 0.717) is 34.5 Å². The van der Waals surface area contributed by atoms with Gasteiger partial charge in [0.05, 0.1) is 20.8 Å². The number of hydrogen-bond donors (Lipinski definition) is 1. The van der Waals surface area contributed by atoms with Crippen molar-refractivity contribution < 1.29 is 19.0 Å². The highest BCUT2D eigenvalue weighted by Crippen LogP contribution is 2.38. The number of imidazole rings is 1. The van der Waals surface area contributed by atoms with Gasteiger partial charge in [-0.3, -0.25) is 4.40 Å². The molecule has 0 saturated carbocycles. The molecule has 33 heavy (non-hydrogen) atoms. The normalized spacial score (nSPS) is 10.9. The van der Waals surface area contributed by atoms with Crippen molar-refractivity contribution in [1.82, 2.24) is 9.38 Å². The summed E-state index contributed by atoms with van der Waals surface area (Å²) in [4.78, 5) is 18.6. The van der Waals surface area contributed by atoms with Crippen molar-refractivity contribution in [3.05, 3.63) is 64.2 Å². The van der Waals surface area contributed by atoms with Gasteiger partial charge in [-0.1, -0.05) is 35.6 Å². The van der Waals surface area contributed by atoms with Crippen LogP contribution in [0.2, 0.25) is 0 Å². The highest BCUT2D eigenvalue weighted by atomic mass is 32.1. The summed E-state index contributed by atoms with van der Waals surface area (Å²) in [5, 5.41) is 3.57. The summed E-state index contributed by atoms with van der Waals surface area (Å²) in [6.07, 6.45) is 0. The van der Waals surface area contributed by atoms with Crippen LogP contribution >= 0.6 is 11.3 Å². The third-order valence-electron chi connectivity index (χ3n) is 5.53. The Balaban J connectivity index is 1.84. The van der Waals surface area contributed by atoms with Crippen molar-refractivity contribution in [2.75, 3.05) is 26.1 Å². The molecule has 2 aromatic carbocycles. The number of anilines is 1. The van der Waals surface area contributed by atoms with Crippen molar-refractivity contribution in [2.45, 2.75) is 27.3 Å². The molecular formula is C25H27N3O4S. The number of aryl methyl sites for hydroxylation is 2. The molecule has 0 atom stereocenters. The molecule has 2 heterocycles. The van der Waals surface area contributed by atoms with Crippen molar-refractivity contribution in [3.63, 3.8) is 0 Å². The van der Waals surface area contributed by atoms with E-state index in [1.165, 1.54) is 22.5 Å². The Labute approximate surface area is 196 Å². The average Bonchev–Trinajstić information content (AvgIpc) is 3.34. The number of hydrogen-bond acceptors (Lipinski definition) is 7. The fourth-order valence-electron chi connectivity index (χ4n) is 3.77. The Kier molecular flexibility index (Phi) is 6.55.